The molecule has 0 aliphatic rings. The van der Waals surface area contributed by atoms with Crippen LogP contribution in [0.2, 0.25) is 0 Å². The van der Waals surface area contributed by atoms with E-state index in [1.807, 2.05) is 34.6 Å². The summed E-state index contributed by atoms with van der Waals surface area (Å²) in [5.74, 6) is -0.981. The molecule has 0 bridgehead atoms. The van der Waals surface area contributed by atoms with Gasteiger partial charge in [-0.2, -0.15) is 0 Å². The van der Waals surface area contributed by atoms with Gasteiger partial charge in [-0.05, 0) is 34.6 Å². The van der Waals surface area contributed by atoms with Gasteiger partial charge in [0.15, 0.2) is 0 Å². The van der Waals surface area contributed by atoms with Gasteiger partial charge >= 0.3 is 5.97 Å². The molecule has 0 aliphatic carbocycles. The van der Waals surface area contributed by atoms with Crippen LogP contribution in [0.1, 0.15) is 34.6 Å². The fourth-order valence-electron chi connectivity index (χ4n) is 1.96. The third-order valence-corrected chi connectivity index (χ3v) is 3.83. The number of aliphatic hydroxyl groups is 2. The van der Waals surface area contributed by atoms with Crippen molar-refractivity contribution in [2.45, 2.75) is 71.2 Å². The van der Waals surface area contributed by atoms with Crippen LogP contribution in [0.15, 0.2) is 12.7 Å². The first-order chi connectivity index (χ1) is 15.0. The lowest BCUT2D eigenvalue weighted by atomic mass is 10.3. The van der Waals surface area contributed by atoms with Crippen molar-refractivity contribution in [2.24, 2.45) is 0 Å². The first kappa shape index (κ1) is 33.1. The first-order valence-corrected chi connectivity index (χ1v) is 10.8. The molecule has 0 fully saturated rings. The highest BCUT2D eigenvalue weighted by Gasteiger charge is 2.13. The van der Waals surface area contributed by atoms with Gasteiger partial charge in [0.2, 0.25) is 0 Å². The lowest BCUT2D eigenvalue weighted by molar-refractivity contribution is -0.131. The van der Waals surface area contributed by atoms with Crippen LogP contribution < -0.4 is 0 Å². The minimum Gasteiger partial charge on any atom is -0.478 e. The van der Waals surface area contributed by atoms with Crippen LogP contribution in [0.25, 0.3) is 0 Å². The lowest BCUT2D eigenvalue weighted by Gasteiger charge is -2.22. The molecular formula is C22H44O10. The van der Waals surface area contributed by atoms with Crippen molar-refractivity contribution < 1.29 is 48.5 Å². The molecule has 10 nitrogen and oxygen atoms in total. The Hall–Kier alpha value is -1.11. The monoisotopic (exact) mass is 468 g/mol. The third kappa shape index (κ3) is 23.6. The van der Waals surface area contributed by atoms with Crippen molar-refractivity contribution in [3.63, 3.8) is 0 Å². The van der Waals surface area contributed by atoms with E-state index in [1.165, 1.54) is 7.11 Å². The molecule has 3 N–H and O–H groups in total. The Kier molecular flexibility index (Phi) is 22.4. The Balaban J connectivity index is 0. The molecule has 0 saturated carbocycles. The SMILES string of the molecule is C=CC(=O)O.COCC(O)COC(C)COC(C)COC(C)COC(C)COC(C)CO. The third-order valence-electron chi connectivity index (χ3n) is 3.83. The van der Waals surface area contributed by atoms with E-state index < -0.39 is 12.1 Å². The van der Waals surface area contributed by atoms with Crippen molar-refractivity contribution in [3.05, 3.63) is 12.7 Å². The fraction of sp³-hybridized carbons (Fsp3) is 0.864. The number of aliphatic carboxylic acids is 1. The Labute approximate surface area is 192 Å². The van der Waals surface area contributed by atoms with Crippen LogP contribution >= 0.6 is 0 Å². The zero-order valence-corrected chi connectivity index (χ0v) is 20.4. The highest BCUT2D eigenvalue weighted by Crippen LogP contribution is 2.03. The maximum absolute atomic E-state index is 9.54. The van der Waals surface area contributed by atoms with E-state index in [0.717, 1.165) is 6.08 Å². The van der Waals surface area contributed by atoms with Crippen LogP contribution in [0, 0.1) is 0 Å². The van der Waals surface area contributed by atoms with Crippen molar-refractivity contribution in [2.75, 3.05) is 53.4 Å². The second-order valence-corrected chi connectivity index (χ2v) is 7.55. The predicted octanol–water partition coefficient (Wildman–Crippen LogP) is 1.27. The van der Waals surface area contributed by atoms with Gasteiger partial charge < -0.3 is 43.7 Å². The number of rotatable bonds is 19. The van der Waals surface area contributed by atoms with Gasteiger partial charge in [-0.1, -0.05) is 6.58 Å². The normalized spacial score (nSPS) is 16.8. The molecule has 0 aromatic carbocycles. The Morgan fingerprint density at radius 1 is 0.750 bits per heavy atom. The maximum atomic E-state index is 9.54. The Morgan fingerprint density at radius 2 is 1.06 bits per heavy atom. The maximum Gasteiger partial charge on any atom is 0.327 e. The smallest absolute Gasteiger partial charge is 0.327 e. The number of hydrogen-bond acceptors (Lipinski definition) is 9. The molecule has 0 spiro atoms. The summed E-state index contributed by atoms with van der Waals surface area (Å²) in [4.78, 5) is 9.25. The molecule has 0 rings (SSSR count). The number of hydrogen-bond donors (Lipinski definition) is 3. The lowest BCUT2D eigenvalue weighted by Crippen LogP contribution is -2.30. The van der Waals surface area contributed by atoms with Crippen LogP contribution in [0.5, 0.6) is 0 Å². The largest absolute Gasteiger partial charge is 0.478 e. The van der Waals surface area contributed by atoms with E-state index >= 15 is 0 Å². The number of aliphatic hydroxyl groups excluding tert-OH is 2. The van der Waals surface area contributed by atoms with Gasteiger partial charge in [-0.25, -0.2) is 4.79 Å². The molecule has 0 amide bonds. The molecule has 0 heterocycles. The summed E-state index contributed by atoms with van der Waals surface area (Å²) < 4.78 is 32.9. The standard InChI is InChI=1S/C19H40O8.C3H4O2/c1-14(7-20)23-8-15(2)24-9-16(3)25-10-17(4)26-11-18(5)27-13-19(21)12-22-6;1-2-3(4)5/h14-21H,7-13H2,1-6H3;2H,1H2,(H,4,5). The average molecular weight is 469 g/mol. The zero-order chi connectivity index (χ0) is 24.9. The summed E-state index contributed by atoms with van der Waals surface area (Å²) in [5, 5.41) is 26.1. The Morgan fingerprint density at radius 3 is 1.34 bits per heavy atom. The van der Waals surface area contributed by atoms with E-state index in [0.29, 0.717) is 26.4 Å². The average Bonchev–Trinajstić information content (AvgIpc) is 2.77. The van der Waals surface area contributed by atoms with Gasteiger partial charge in [0.25, 0.3) is 0 Å². The first-order valence-electron chi connectivity index (χ1n) is 10.8. The summed E-state index contributed by atoms with van der Waals surface area (Å²) in [5.41, 5.74) is 0. The molecule has 32 heavy (non-hydrogen) atoms. The highest BCUT2D eigenvalue weighted by molar-refractivity contribution is 5.78. The quantitative estimate of drug-likeness (QED) is 0.238. The molecule has 0 aromatic rings. The zero-order valence-electron chi connectivity index (χ0n) is 20.4. The highest BCUT2D eigenvalue weighted by atomic mass is 16.6. The van der Waals surface area contributed by atoms with Gasteiger partial charge in [0, 0.05) is 13.2 Å². The molecular weight excluding hydrogens is 424 g/mol. The molecule has 0 aromatic heterocycles. The predicted molar refractivity (Wildman–Crippen MR) is 120 cm³/mol. The number of ether oxygens (including phenoxy) is 6. The summed E-state index contributed by atoms with van der Waals surface area (Å²) in [6, 6.07) is 0. The number of carboxylic acids is 1. The van der Waals surface area contributed by atoms with E-state index in [2.05, 4.69) is 6.58 Å². The summed E-state index contributed by atoms with van der Waals surface area (Å²) >= 11 is 0. The van der Waals surface area contributed by atoms with Crippen molar-refractivity contribution >= 4 is 5.97 Å². The molecule has 0 radical (unpaired) electrons. The molecule has 10 heteroatoms. The summed E-state index contributed by atoms with van der Waals surface area (Å²) in [6.45, 7) is 14.7. The molecule has 0 aliphatic heterocycles. The van der Waals surface area contributed by atoms with Gasteiger partial charge in [0.05, 0.1) is 76.8 Å². The molecule has 192 valence electrons. The van der Waals surface area contributed by atoms with Crippen LogP contribution in [0.4, 0.5) is 0 Å². The van der Waals surface area contributed by atoms with E-state index in [-0.39, 0.29) is 50.3 Å². The fourth-order valence-corrected chi connectivity index (χ4v) is 1.96. The number of carboxylic acid groups (broad SMARTS) is 1. The summed E-state index contributed by atoms with van der Waals surface area (Å²) in [6.07, 6.45) is -0.303. The van der Waals surface area contributed by atoms with Gasteiger partial charge in [0.1, 0.15) is 6.10 Å². The van der Waals surface area contributed by atoms with E-state index in [9.17, 15) is 9.90 Å². The Bertz CT molecular complexity index is 448. The number of carbonyl (C=O) groups is 1. The van der Waals surface area contributed by atoms with Gasteiger partial charge in [-0.15, -0.1) is 0 Å². The van der Waals surface area contributed by atoms with Crippen LogP contribution in [-0.2, 0) is 33.2 Å². The number of methoxy groups -OCH3 is 1. The minimum absolute atomic E-state index is 0.00150. The molecule has 0 saturated heterocycles. The van der Waals surface area contributed by atoms with Crippen molar-refractivity contribution in [1.29, 1.82) is 0 Å². The topological polar surface area (TPSA) is 133 Å². The van der Waals surface area contributed by atoms with Crippen molar-refractivity contribution in [1.82, 2.24) is 0 Å². The van der Waals surface area contributed by atoms with Crippen LogP contribution in [-0.4, -0.2) is 111 Å². The van der Waals surface area contributed by atoms with E-state index in [4.69, 9.17) is 38.6 Å². The van der Waals surface area contributed by atoms with Crippen LogP contribution in [0.3, 0.4) is 0 Å². The van der Waals surface area contributed by atoms with Gasteiger partial charge in [-0.3, -0.25) is 0 Å². The van der Waals surface area contributed by atoms with Crippen molar-refractivity contribution in [3.8, 4) is 0 Å². The second-order valence-electron chi connectivity index (χ2n) is 7.55. The molecule has 6 unspecified atom stereocenters. The van der Waals surface area contributed by atoms with E-state index in [1.54, 1.807) is 0 Å². The molecule has 6 atom stereocenters. The second kappa shape index (κ2) is 21.7. The summed E-state index contributed by atoms with van der Waals surface area (Å²) in [7, 11) is 1.54. The minimum atomic E-state index is -0.981.